The van der Waals surface area contributed by atoms with Gasteiger partial charge in [-0.1, -0.05) is 0 Å². The molecule has 3 aromatic rings. The monoisotopic (exact) mass is 468 g/mol. The van der Waals surface area contributed by atoms with Gasteiger partial charge in [-0.15, -0.1) is 0 Å². The lowest BCUT2D eigenvalue weighted by Gasteiger charge is -2.35. The molecule has 0 spiro atoms. The Labute approximate surface area is 195 Å². The summed E-state index contributed by atoms with van der Waals surface area (Å²) in [5, 5.41) is 16.9. The number of carbonyl (C=O) groups excluding carboxylic acids is 2. The first-order chi connectivity index (χ1) is 16.4. The molecule has 12 heteroatoms. The number of benzene rings is 1. The largest absolute Gasteiger partial charge is 0.395 e. The van der Waals surface area contributed by atoms with Gasteiger partial charge in [0.25, 0.3) is 0 Å². The van der Waals surface area contributed by atoms with Crippen LogP contribution in [0.15, 0.2) is 36.5 Å². The van der Waals surface area contributed by atoms with Crippen molar-refractivity contribution in [2.75, 3.05) is 54.9 Å². The summed E-state index contributed by atoms with van der Waals surface area (Å²) in [7, 11) is 0. The number of pyridine rings is 1. The Morgan fingerprint density at radius 2 is 1.85 bits per heavy atom. The number of nitrogens with one attached hydrogen (secondary N) is 3. The van der Waals surface area contributed by atoms with Crippen molar-refractivity contribution in [2.24, 2.45) is 0 Å². The van der Waals surface area contributed by atoms with Gasteiger partial charge >= 0.3 is 6.03 Å². The van der Waals surface area contributed by atoms with Crippen molar-refractivity contribution >= 4 is 46.1 Å². The van der Waals surface area contributed by atoms with Crippen LogP contribution in [0.25, 0.3) is 11.0 Å². The molecule has 0 bridgehead atoms. The van der Waals surface area contributed by atoms with E-state index in [-0.39, 0.29) is 36.5 Å². The number of amides is 3. The number of hydrogen-bond acceptors (Lipinski definition) is 8. The number of fused-ring (bicyclic) bond motifs is 1. The lowest BCUT2D eigenvalue weighted by atomic mass is 10.2. The Balaban J connectivity index is 1.44. The van der Waals surface area contributed by atoms with Gasteiger partial charge < -0.3 is 25.5 Å². The van der Waals surface area contributed by atoms with Crippen molar-refractivity contribution in [1.29, 1.82) is 0 Å². The van der Waals surface area contributed by atoms with Crippen LogP contribution < -0.4 is 20.9 Å². The number of urea groups is 1. The van der Waals surface area contributed by atoms with Gasteiger partial charge in [0.05, 0.1) is 6.61 Å². The van der Waals surface area contributed by atoms with E-state index < -0.39 is 11.8 Å². The molecule has 4 rings (SSSR count). The molecule has 0 atom stereocenters. The topological polar surface area (TPSA) is 136 Å². The first-order valence-corrected chi connectivity index (χ1v) is 10.8. The average Bonchev–Trinajstić information content (AvgIpc) is 2.84. The Hall–Kier alpha value is -4.06. The molecule has 3 amide bonds. The number of hydrogen-bond donors (Lipinski definition) is 4. The van der Waals surface area contributed by atoms with E-state index in [0.717, 1.165) is 24.5 Å². The maximum atomic E-state index is 14.3. The van der Waals surface area contributed by atoms with Gasteiger partial charge in [0.15, 0.2) is 17.3 Å². The Kier molecular flexibility index (Phi) is 6.97. The fourth-order valence-electron chi connectivity index (χ4n) is 3.57. The maximum Gasteiger partial charge on any atom is 0.320 e. The van der Waals surface area contributed by atoms with E-state index >= 15 is 0 Å². The second-order valence-corrected chi connectivity index (χ2v) is 7.69. The molecule has 0 aliphatic carbocycles. The van der Waals surface area contributed by atoms with Crippen LogP contribution in [0.2, 0.25) is 0 Å². The highest BCUT2D eigenvalue weighted by atomic mass is 19.1. The number of anilines is 4. The zero-order valence-electron chi connectivity index (χ0n) is 18.6. The molecule has 3 heterocycles. The molecule has 0 saturated carbocycles. The molecule has 11 nitrogen and oxygen atoms in total. The van der Waals surface area contributed by atoms with Crippen LogP contribution in [-0.4, -0.2) is 76.2 Å². The maximum absolute atomic E-state index is 14.3. The molecule has 4 N–H and O–H groups in total. The third kappa shape index (κ3) is 5.46. The van der Waals surface area contributed by atoms with Crippen LogP contribution in [0.1, 0.15) is 6.92 Å². The summed E-state index contributed by atoms with van der Waals surface area (Å²) in [5.41, 5.74) is 2.02. The van der Waals surface area contributed by atoms with Gasteiger partial charge in [0.1, 0.15) is 0 Å². The van der Waals surface area contributed by atoms with E-state index in [9.17, 15) is 14.0 Å². The van der Waals surface area contributed by atoms with Crippen LogP contribution in [-0.2, 0) is 4.79 Å². The molecular formula is C22H25FN8O3. The van der Waals surface area contributed by atoms with Gasteiger partial charge in [-0.05, 0) is 30.3 Å². The van der Waals surface area contributed by atoms with Crippen LogP contribution in [0, 0.1) is 5.82 Å². The molecule has 1 aliphatic rings. The van der Waals surface area contributed by atoms with E-state index in [1.165, 1.54) is 12.3 Å². The number of carbonyl (C=O) groups is 2. The highest BCUT2D eigenvalue weighted by molar-refractivity contribution is 5.90. The van der Waals surface area contributed by atoms with E-state index in [2.05, 4.69) is 35.8 Å². The summed E-state index contributed by atoms with van der Waals surface area (Å²) in [6.07, 6.45) is 1.44. The molecule has 178 valence electrons. The predicted molar refractivity (Wildman–Crippen MR) is 126 cm³/mol. The predicted octanol–water partition coefficient (Wildman–Crippen LogP) is 1.69. The minimum Gasteiger partial charge on any atom is -0.395 e. The van der Waals surface area contributed by atoms with E-state index in [4.69, 9.17) is 5.11 Å². The Bertz CT molecular complexity index is 1180. The number of aliphatic hydroxyl groups excluding tert-OH is 1. The molecule has 2 aromatic heterocycles. The SMILES string of the molecule is CC(=O)N1CCN(c2ccc(Nc3ncc4cc(F)c(NC(=O)NCCO)nc4n3)cc2)CC1. The van der Waals surface area contributed by atoms with E-state index in [0.29, 0.717) is 18.5 Å². The molecule has 1 aliphatic heterocycles. The second-order valence-electron chi connectivity index (χ2n) is 7.69. The summed E-state index contributed by atoms with van der Waals surface area (Å²) >= 11 is 0. The number of piperazine rings is 1. The number of aliphatic hydroxyl groups is 1. The van der Waals surface area contributed by atoms with Crippen LogP contribution in [0.4, 0.5) is 32.3 Å². The molecule has 1 fully saturated rings. The first-order valence-electron chi connectivity index (χ1n) is 10.8. The number of nitrogens with zero attached hydrogens (tertiary/aromatic N) is 5. The minimum absolute atomic E-state index is 0.0324. The number of rotatable bonds is 6. The lowest BCUT2D eigenvalue weighted by Crippen LogP contribution is -2.48. The smallest absolute Gasteiger partial charge is 0.320 e. The van der Waals surface area contributed by atoms with Crippen molar-refractivity contribution in [3.05, 3.63) is 42.3 Å². The van der Waals surface area contributed by atoms with E-state index in [1.54, 1.807) is 6.92 Å². The van der Waals surface area contributed by atoms with Crippen molar-refractivity contribution < 1.29 is 19.1 Å². The Morgan fingerprint density at radius 1 is 1.12 bits per heavy atom. The zero-order chi connectivity index (χ0) is 24.1. The molecule has 0 radical (unpaired) electrons. The molecule has 34 heavy (non-hydrogen) atoms. The highest BCUT2D eigenvalue weighted by Gasteiger charge is 2.18. The van der Waals surface area contributed by atoms with Crippen molar-refractivity contribution in [1.82, 2.24) is 25.2 Å². The molecule has 1 aromatic carbocycles. The fourth-order valence-corrected chi connectivity index (χ4v) is 3.57. The summed E-state index contributed by atoms with van der Waals surface area (Å²) in [6.45, 7) is 4.34. The van der Waals surface area contributed by atoms with Crippen LogP contribution in [0.3, 0.4) is 0 Å². The first kappa shape index (κ1) is 23.1. The van der Waals surface area contributed by atoms with Crippen molar-refractivity contribution in [3.8, 4) is 0 Å². The minimum atomic E-state index is -0.726. The van der Waals surface area contributed by atoms with Crippen LogP contribution in [0.5, 0.6) is 0 Å². The fraction of sp³-hybridized carbons (Fsp3) is 0.318. The number of halogens is 1. The molecule has 0 unspecified atom stereocenters. The quantitative estimate of drug-likeness (QED) is 0.429. The lowest BCUT2D eigenvalue weighted by molar-refractivity contribution is -0.129. The standard InChI is InChI=1S/C22H25FN8O3/c1-14(33)30-7-9-31(10-8-30)17-4-2-16(3-5-17)26-21-25-13-15-12-18(23)20(27-19(15)28-21)29-22(34)24-6-11-32/h2-5,12-13,32H,6-11H2,1H3,(H3,24,25,26,27,28,29,34). The number of aromatic nitrogens is 3. The van der Waals surface area contributed by atoms with Crippen molar-refractivity contribution in [3.63, 3.8) is 0 Å². The zero-order valence-corrected chi connectivity index (χ0v) is 18.6. The van der Waals surface area contributed by atoms with Gasteiger partial charge in [-0.2, -0.15) is 4.98 Å². The van der Waals surface area contributed by atoms with Gasteiger partial charge in [-0.25, -0.2) is 19.2 Å². The van der Waals surface area contributed by atoms with Gasteiger partial charge in [0.2, 0.25) is 11.9 Å². The Morgan fingerprint density at radius 3 is 2.53 bits per heavy atom. The normalized spacial score (nSPS) is 13.6. The van der Waals surface area contributed by atoms with Gasteiger partial charge in [-0.3, -0.25) is 10.1 Å². The third-order valence-electron chi connectivity index (χ3n) is 5.36. The third-order valence-corrected chi connectivity index (χ3v) is 5.36. The summed E-state index contributed by atoms with van der Waals surface area (Å²) in [5.74, 6) is -0.637. The summed E-state index contributed by atoms with van der Waals surface area (Å²) in [6, 6.07) is 8.26. The second kappa shape index (κ2) is 10.3. The highest BCUT2D eigenvalue weighted by Crippen LogP contribution is 2.23. The van der Waals surface area contributed by atoms with Crippen molar-refractivity contribution in [2.45, 2.75) is 6.92 Å². The van der Waals surface area contributed by atoms with E-state index in [1.807, 2.05) is 29.2 Å². The summed E-state index contributed by atoms with van der Waals surface area (Å²) < 4.78 is 14.3. The average molecular weight is 468 g/mol. The summed E-state index contributed by atoms with van der Waals surface area (Å²) in [4.78, 5) is 39.9. The molecular weight excluding hydrogens is 443 g/mol. The van der Waals surface area contributed by atoms with Gasteiger partial charge in [0, 0.05) is 62.6 Å². The van der Waals surface area contributed by atoms with Crippen LogP contribution >= 0.6 is 0 Å². The molecule has 1 saturated heterocycles.